The summed E-state index contributed by atoms with van der Waals surface area (Å²) in [4.78, 5) is 0. The standard InChI is InChI=1S/C14H11F5N2O2/c15-13(16,14(17,18)19)8-3-7(5-10(21)12(8)23)6-1-2-11(22)9(20)4-6/h1-5,22-23H,20-21H2. The van der Waals surface area contributed by atoms with Gasteiger partial charge in [-0.2, -0.15) is 22.0 Å². The number of phenols is 2. The Balaban J connectivity index is 2.68. The molecule has 0 aliphatic rings. The highest BCUT2D eigenvalue weighted by Crippen LogP contribution is 2.49. The maximum absolute atomic E-state index is 13.5. The number of anilines is 2. The van der Waals surface area contributed by atoms with E-state index in [0.29, 0.717) is 6.07 Å². The number of benzene rings is 2. The van der Waals surface area contributed by atoms with Crippen molar-refractivity contribution in [1.82, 2.24) is 0 Å². The predicted octanol–water partition coefficient (Wildman–Crippen LogP) is 3.58. The molecule has 0 unspecified atom stereocenters. The largest absolute Gasteiger partial charge is 0.506 e. The fourth-order valence-electron chi connectivity index (χ4n) is 1.95. The Morgan fingerprint density at radius 1 is 0.783 bits per heavy atom. The first kappa shape index (κ1) is 16.7. The monoisotopic (exact) mass is 334 g/mol. The highest BCUT2D eigenvalue weighted by atomic mass is 19.4. The third-order valence-corrected chi connectivity index (χ3v) is 3.19. The summed E-state index contributed by atoms with van der Waals surface area (Å²) in [5, 5.41) is 18.8. The van der Waals surface area contributed by atoms with Crippen molar-refractivity contribution in [2.24, 2.45) is 0 Å². The highest BCUT2D eigenvalue weighted by Gasteiger charge is 2.60. The molecule has 2 rings (SSSR count). The van der Waals surface area contributed by atoms with E-state index in [9.17, 15) is 32.2 Å². The average molecular weight is 334 g/mol. The summed E-state index contributed by atoms with van der Waals surface area (Å²) in [6, 6.07) is 5.08. The smallest absolute Gasteiger partial charge is 0.458 e. The summed E-state index contributed by atoms with van der Waals surface area (Å²) in [5.74, 6) is -6.91. The summed E-state index contributed by atoms with van der Waals surface area (Å²) in [5.41, 5.74) is 8.42. The lowest BCUT2D eigenvalue weighted by molar-refractivity contribution is -0.289. The molecule has 0 spiro atoms. The maximum atomic E-state index is 13.5. The fourth-order valence-corrected chi connectivity index (χ4v) is 1.95. The Morgan fingerprint density at radius 2 is 1.35 bits per heavy atom. The van der Waals surface area contributed by atoms with Gasteiger partial charge in [0.2, 0.25) is 0 Å². The number of alkyl halides is 5. The lowest BCUT2D eigenvalue weighted by atomic mass is 9.97. The Kier molecular flexibility index (Phi) is 3.75. The van der Waals surface area contributed by atoms with Crippen LogP contribution in [0.3, 0.4) is 0 Å². The highest BCUT2D eigenvalue weighted by molar-refractivity contribution is 5.76. The zero-order valence-electron chi connectivity index (χ0n) is 11.3. The van der Waals surface area contributed by atoms with Crippen LogP contribution in [0.5, 0.6) is 11.5 Å². The maximum Gasteiger partial charge on any atom is 0.458 e. The van der Waals surface area contributed by atoms with E-state index in [4.69, 9.17) is 11.5 Å². The summed E-state index contributed by atoms with van der Waals surface area (Å²) < 4.78 is 64.7. The van der Waals surface area contributed by atoms with Crippen molar-refractivity contribution in [2.45, 2.75) is 12.1 Å². The number of nitrogens with two attached hydrogens (primary N) is 2. The van der Waals surface area contributed by atoms with Gasteiger partial charge in [0.25, 0.3) is 0 Å². The second-order valence-electron chi connectivity index (χ2n) is 4.81. The molecule has 0 saturated carbocycles. The number of hydrogen-bond acceptors (Lipinski definition) is 4. The quantitative estimate of drug-likeness (QED) is 0.384. The van der Waals surface area contributed by atoms with Crippen molar-refractivity contribution >= 4 is 11.4 Å². The zero-order chi connectivity index (χ0) is 17.6. The van der Waals surface area contributed by atoms with Gasteiger partial charge in [0.1, 0.15) is 11.5 Å². The average Bonchev–Trinajstić information content (AvgIpc) is 2.43. The van der Waals surface area contributed by atoms with E-state index in [1.54, 1.807) is 0 Å². The number of nitrogen functional groups attached to an aromatic ring is 2. The Morgan fingerprint density at radius 3 is 1.87 bits per heavy atom. The molecule has 124 valence electrons. The molecule has 0 aliphatic carbocycles. The van der Waals surface area contributed by atoms with Gasteiger partial charge < -0.3 is 21.7 Å². The first-order valence-electron chi connectivity index (χ1n) is 6.11. The van der Waals surface area contributed by atoms with Gasteiger partial charge in [-0.05, 0) is 35.4 Å². The minimum Gasteiger partial charge on any atom is -0.506 e. The molecule has 0 amide bonds. The summed E-state index contributed by atoms with van der Waals surface area (Å²) in [6.45, 7) is 0. The first-order chi connectivity index (χ1) is 10.4. The Labute approximate surface area is 126 Å². The van der Waals surface area contributed by atoms with Gasteiger partial charge in [-0.1, -0.05) is 6.07 Å². The SMILES string of the molecule is Nc1cc(-c2cc(N)c(O)c(C(F)(F)C(F)(F)F)c2)ccc1O. The number of halogens is 5. The van der Waals surface area contributed by atoms with E-state index in [0.717, 1.165) is 12.1 Å². The van der Waals surface area contributed by atoms with E-state index in [-0.39, 0.29) is 22.6 Å². The van der Waals surface area contributed by atoms with Crippen molar-refractivity contribution in [3.8, 4) is 22.6 Å². The molecule has 0 heterocycles. The van der Waals surface area contributed by atoms with E-state index in [2.05, 4.69) is 0 Å². The third-order valence-electron chi connectivity index (χ3n) is 3.19. The predicted molar refractivity (Wildman–Crippen MR) is 74.0 cm³/mol. The zero-order valence-corrected chi connectivity index (χ0v) is 11.3. The molecule has 2 aromatic carbocycles. The third kappa shape index (κ3) is 2.81. The van der Waals surface area contributed by atoms with Gasteiger partial charge in [0, 0.05) is 0 Å². The molecule has 0 radical (unpaired) electrons. The molecule has 0 saturated heterocycles. The second-order valence-corrected chi connectivity index (χ2v) is 4.81. The van der Waals surface area contributed by atoms with Gasteiger partial charge >= 0.3 is 12.1 Å². The summed E-state index contributed by atoms with van der Waals surface area (Å²) >= 11 is 0. The summed E-state index contributed by atoms with van der Waals surface area (Å²) in [7, 11) is 0. The van der Waals surface area contributed by atoms with Gasteiger partial charge in [0.05, 0.1) is 16.9 Å². The van der Waals surface area contributed by atoms with Crippen LogP contribution in [0.25, 0.3) is 11.1 Å². The van der Waals surface area contributed by atoms with E-state index < -0.39 is 29.1 Å². The van der Waals surface area contributed by atoms with Crippen LogP contribution in [-0.2, 0) is 5.92 Å². The molecule has 0 aromatic heterocycles. The van der Waals surface area contributed by atoms with Crippen LogP contribution in [0.4, 0.5) is 33.3 Å². The molecule has 0 atom stereocenters. The molecular formula is C14H11F5N2O2. The Hall–Kier alpha value is -2.71. The van der Waals surface area contributed by atoms with Crippen LogP contribution in [0, 0.1) is 0 Å². The minimum absolute atomic E-state index is 0.0988. The molecule has 4 nitrogen and oxygen atoms in total. The molecule has 6 N–H and O–H groups in total. The van der Waals surface area contributed by atoms with Gasteiger partial charge in [-0.25, -0.2) is 0 Å². The van der Waals surface area contributed by atoms with E-state index in [1.807, 2.05) is 0 Å². The first-order valence-corrected chi connectivity index (χ1v) is 6.11. The van der Waals surface area contributed by atoms with Crippen molar-refractivity contribution < 1.29 is 32.2 Å². The van der Waals surface area contributed by atoms with Crippen LogP contribution in [0.2, 0.25) is 0 Å². The molecular weight excluding hydrogens is 323 g/mol. The van der Waals surface area contributed by atoms with Crippen LogP contribution in [0.1, 0.15) is 5.56 Å². The van der Waals surface area contributed by atoms with Gasteiger partial charge in [0.15, 0.2) is 0 Å². The number of hydrogen-bond donors (Lipinski definition) is 4. The van der Waals surface area contributed by atoms with Crippen LogP contribution < -0.4 is 11.5 Å². The molecule has 2 aromatic rings. The number of aromatic hydroxyl groups is 2. The van der Waals surface area contributed by atoms with Crippen LogP contribution in [0.15, 0.2) is 30.3 Å². The van der Waals surface area contributed by atoms with Crippen molar-refractivity contribution in [1.29, 1.82) is 0 Å². The van der Waals surface area contributed by atoms with Crippen molar-refractivity contribution in [3.63, 3.8) is 0 Å². The van der Waals surface area contributed by atoms with Crippen LogP contribution in [-0.4, -0.2) is 16.4 Å². The number of phenolic OH excluding ortho intramolecular Hbond substituents is 2. The second kappa shape index (κ2) is 5.18. The topological polar surface area (TPSA) is 92.5 Å². The summed E-state index contributed by atoms with van der Waals surface area (Å²) in [6.07, 6.45) is -5.90. The molecule has 9 heteroatoms. The normalized spacial score (nSPS) is 12.4. The molecule has 23 heavy (non-hydrogen) atoms. The Bertz CT molecular complexity index is 760. The molecule has 0 fully saturated rings. The lowest BCUT2D eigenvalue weighted by Crippen LogP contribution is -2.33. The van der Waals surface area contributed by atoms with Crippen molar-refractivity contribution in [3.05, 3.63) is 35.9 Å². The minimum atomic E-state index is -5.90. The van der Waals surface area contributed by atoms with Crippen molar-refractivity contribution in [2.75, 3.05) is 11.5 Å². The number of rotatable bonds is 2. The lowest BCUT2D eigenvalue weighted by Gasteiger charge is -2.22. The van der Waals surface area contributed by atoms with Gasteiger partial charge in [-0.3, -0.25) is 0 Å². The fraction of sp³-hybridized carbons (Fsp3) is 0.143. The molecule has 0 bridgehead atoms. The van der Waals surface area contributed by atoms with E-state index >= 15 is 0 Å². The van der Waals surface area contributed by atoms with Crippen LogP contribution >= 0.6 is 0 Å². The van der Waals surface area contributed by atoms with Gasteiger partial charge in [-0.15, -0.1) is 0 Å². The van der Waals surface area contributed by atoms with E-state index in [1.165, 1.54) is 12.1 Å². The molecule has 0 aliphatic heterocycles.